The lowest BCUT2D eigenvalue weighted by molar-refractivity contribution is 0.308. The van der Waals surface area contributed by atoms with E-state index in [1.54, 1.807) is 0 Å². The van der Waals surface area contributed by atoms with Crippen LogP contribution in [0.2, 0.25) is 0 Å². The molecule has 0 unspecified atom stereocenters. The first-order valence-electron chi connectivity index (χ1n) is 5.93. The number of hydrogen-bond acceptors (Lipinski definition) is 4. The first-order chi connectivity index (χ1) is 8.27. The lowest BCUT2D eigenvalue weighted by Gasteiger charge is -2.11. The predicted octanol–water partition coefficient (Wildman–Crippen LogP) is 1.19. The van der Waals surface area contributed by atoms with Gasteiger partial charge < -0.3 is 20.1 Å². The van der Waals surface area contributed by atoms with Gasteiger partial charge >= 0.3 is 0 Å². The second kappa shape index (κ2) is 7.92. The van der Waals surface area contributed by atoms with Crippen LogP contribution in [-0.4, -0.2) is 40.4 Å². The van der Waals surface area contributed by atoms with Gasteiger partial charge in [-0.3, -0.25) is 0 Å². The number of aryl methyl sites for hydroxylation is 1. The summed E-state index contributed by atoms with van der Waals surface area (Å²) in [7, 11) is 3.82. The van der Waals surface area contributed by atoms with E-state index < -0.39 is 0 Å². The molecule has 0 heterocycles. The molecule has 0 saturated carbocycles. The fourth-order valence-electron chi connectivity index (χ4n) is 1.41. The fraction of sp³-hybridized carbons (Fsp3) is 0.538. The Balaban J connectivity index is 2.47. The molecule has 4 nitrogen and oxygen atoms in total. The minimum Gasteiger partial charge on any atom is -0.492 e. The molecule has 17 heavy (non-hydrogen) atoms. The molecule has 0 saturated heterocycles. The third kappa shape index (κ3) is 5.06. The smallest absolute Gasteiger partial charge is 0.122 e. The van der Waals surface area contributed by atoms with Gasteiger partial charge in [0.2, 0.25) is 0 Å². The molecule has 0 aliphatic rings. The number of rotatable bonds is 8. The van der Waals surface area contributed by atoms with E-state index in [-0.39, 0.29) is 0 Å². The van der Waals surface area contributed by atoms with Gasteiger partial charge in [0.15, 0.2) is 0 Å². The Morgan fingerprint density at radius 1 is 1.00 bits per heavy atom. The SMILES string of the molecule is CNCCOc1ccc(OCCNC)c(C)c1. The molecular weight excluding hydrogens is 216 g/mol. The van der Waals surface area contributed by atoms with Crippen molar-refractivity contribution in [3.63, 3.8) is 0 Å². The van der Waals surface area contributed by atoms with Gasteiger partial charge in [0.1, 0.15) is 24.7 Å². The highest BCUT2D eigenvalue weighted by molar-refractivity contribution is 5.39. The van der Waals surface area contributed by atoms with Crippen molar-refractivity contribution in [2.75, 3.05) is 40.4 Å². The third-order valence-corrected chi connectivity index (χ3v) is 2.38. The summed E-state index contributed by atoms with van der Waals surface area (Å²) in [6, 6.07) is 5.90. The summed E-state index contributed by atoms with van der Waals surface area (Å²) in [6.45, 7) is 5.08. The van der Waals surface area contributed by atoms with Gasteiger partial charge in [0, 0.05) is 13.1 Å². The molecule has 1 aromatic carbocycles. The summed E-state index contributed by atoms with van der Waals surface area (Å²) < 4.78 is 11.2. The number of benzene rings is 1. The van der Waals surface area contributed by atoms with Gasteiger partial charge in [0.05, 0.1) is 0 Å². The maximum atomic E-state index is 5.63. The van der Waals surface area contributed by atoms with Gasteiger partial charge in [-0.05, 0) is 44.8 Å². The number of hydrogen-bond donors (Lipinski definition) is 2. The van der Waals surface area contributed by atoms with Crippen molar-refractivity contribution in [1.29, 1.82) is 0 Å². The first-order valence-corrected chi connectivity index (χ1v) is 5.93. The highest BCUT2D eigenvalue weighted by Gasteiger charge is 2.01. The number of nitrogens with one attached hydrogen (secondary N) is 2. The predicted molar refractivity (Wildman–Crippen MR) is 70.0 cm³/mol. The molecule has 0 spiro atoms. The van der Waals surface area contributed by atoms with E-state index >= 15 is 0 Å². The van der Waals surface area contributed by atoms with Crippen LogP contribution < -0.4 is 20.1 Å². The van der Waals surface area contributed by atoms with Crippen molar-refractivity contribution in [2.24, 2.45) is 0 Å². The summed E-state index contributed by atoms with van der Waals surface area (Å²) in [5.74, 6) is 1.81. The van der Waals surface area contributed by atoms with E-state index in [4.69, 9.17) is 9.47 Å². The third-order valence-electron chi connectivity index (χ3n) is 2.38. The molecule has 4 heteroatoms. The summed E-state index contributed by atoms with van der Waals surface area (Å²) in [4.78, 5) is 0. The molecular formula is C13H22N2O2. The lowest BCUT2D eigenvalue weighted by atomic mass is 10.2. The zero-order valence-electron chi connectivity index (χ0n) is 10.9. The van der Waals surface area contributed by atoms with Gasteiger partial charge in [-0.2, -0.15) is 0 Å². The first kappa shape index (κ1) is 13.8. The topological polar surface area (TPSA) is 42.5 Å². The monoisotopic (exact) mass is 238 g/mol. The molecule has 0 bridgehead atoms. The molecule has 0 amide bonds. The lowest BCUT2D eigenvalue weighted by Crippen LogP contribution is -2.16. The summed E-state index contributed by atoms with van der Waals surface area (Å²) >= 11 is 0. The molecule has 0 aliphatic heterocycles. The second-order valence-electron chi connectivity index (χ2n) is 3.83. The Morgan fingerprint density at radius 2 is 1.65 bits per heavy atom. The van der Waals surface area contributed by atoms with Crippen LogP contribution in [0, 0.1) is 6.92 Å². The van der Waals surface area contributed by atoms with E-state index in [0.29, 0.717) is 13.2 Å². The van der Waals surface area contributed by atoms with Crippen LogP contribution in [0.5, 0.6) is 11.5 Å². The van der Waals surface area contributed by atoms with Crippen LogP contribution in [0.25, 0.3) is 0 Å². The highest BCUT2D eigenvalue weighted by atomic mass is 16.5. The maximum Gasteiger partial charge on any atom is 0.122 e. The van der Waals surface area contributed by atoms with Gasteiger partial charge in [-0.15, -0.1) is 0 Å². The quantitative estimate of drug-likeness (QED) is 0.668. The Bertz CT molecular complexity index is 329. The van der Waals surface area contributed by atoms with Gasteiger partial charge in [0.25, 0.3) is 0 Å². The van der Waals surface area contributed by atoms with Crippen molar-refractivity contribution in [3.8, 4) is 11.5 Å². The second-order valence-corrected chi connectivity index (χ2v) is 3.83. The molecule has 0 fully saturated rings. The van der Waals surface area contributed by atoms with Crippen LogP contribution in [0.4, 0.5) is 0 Å². The largest absolute Gasteiger partial charge is 0.492 e. The van der Waals surface area contributed by atoms with Gasteiger partial charge in [-0.1, -0.05) is 0 Å². The summed E-state index contributed by atoms with van der Waals surface area (Å²) in [5, 5.41) is 6.09. The van der Waals surface area contributed by atoms with Crippen LogP contribution in [0.1, 0.15) is 5.56 Å². The summed E-state index contributed by atoms with van der Waals surface area (Å²) in [6.07, 6.45) is 0. The van der Waals surface area contributed by atoms with Crippen molar-refractivity contribution in [1.82, 2.24) is 10.6 Å². The Labute approximate surface area is 103 Å². The average Bonchev–Trinajstić information content (AvgIpc) is 2.32. The van der Waals surface area contributed by atoms with E-state index in [1.807, 2.05) is 39.2 Å². The van der Waals surface area contributed by atoms with Crippen molar-refractivity contribution in [3.05, 3.63) is 23.8 Å². The summed E-state index contributed by atoms with van der Waals surface area (Å²) in [5.41, 5.74) is 1.10. The Morgan fingerprint density at radius 3 is 2.24 bits per heavy atom. The molecule has 1 rings (SSSR count). The molecule has 0 radical (unpaired) electrons. The minimum absolute atomic E-state index is 0.676. The van der Waals surface area contributed by atoms with E-state index in [9.17, 15) is 0 Å². The van der Waals surface area contributed by atoms with E-state index in [1.165, 1.54) is 0 Å². The van der Waals surface area contributed by atoms with E-state index in [2.05, 4.69) is 10.6 Å². The molecule has 96 valence electrons. The number of ether oxygens (including phenoxy) is 2. The van der Waals surface area contributed by atoms with Crippen LogP contribution in [0.3, 0.4) is 0 Å². The fourth-order valence-corrected chi connectivity index (χ4v) is 1.41. The Kier molecular flexibility index (Phi) is 6.43. The van der Waals surface area contributed by atoms with Gasteiger partial charge in [-0.25, -0.2) is 0 Å². The Hall–Kier alpha value is -1.26. The maximum absolute atomic E-state index is 5.63. The zero-order chi connectivity index (χ0) is 12.5. The van der Waals surface area contributed by atoms with Crippen molar-refractivity contribution >= 4 is 0 Å². The molecule has 0 aromatic heterocycles. The molecule has 2 N–H and O–H groups in total. The standard InChI is InChI=1S/C13H22N2O2/c1-11-10-12(16-8-6-14-2)4-5-13(11)17-9-7-15-3/h4-5,10,14-15H,6-9H2,1-3H3. The minimum atomic E-state index is 0.676. The highest BCUT2D eigenvalue weighted by Crippen LogP contribution is 2.23. The molecule has 0 aliphatic carbocycles. The van der Waals surface area contributed by atoms with Crippen molar-refractivity contribution in [2.45, 2.75) is 6.92 Å². The normalized spacial score (nSPS) is 10.3. The van der Waals surface area contributed by atoms with E-state index in [0.717, 1.165) is 30.2 Å². The average molecular weight is 238 g/mol. The molecule has 0 atom stereocenters. The van der Waals surface area contributed by atoms with Crippen molar-refractivity contribution < 1.29 is 9.47 Å². The number of likely N-dealkylation sites (N-methyl/N-ethyl adjacent to an activating group) is 2. The van der Waals surface area contributed by atoms with Crippen LogP contribution in [-0.2, 0) is 0 Å². The molecule has 1 aromatic rings. The van der Waals surface area contributed by atoms with Crippen LogP contribution >= 0.6 is 0 Å². The van der Waals surface area contributed by atoms with Crippen LogP contribution in [0.15, 0.2) is 18.2 Å². The zero-order valence-corrected chi connectivity index (χ0v) is 10.9.